The Morgan fingerprint density at radius 2 is 1.48 bits per heavy atom. The first kappa shape index (κ1) is 35.9. The maximum atomic E-state index is 13.6. The zero-order valence-electron chi connectivity index (χ0n) is 28.4. The van der Waals surface area contributed by atoms with Gasteiger partial charge in [0, 0.05) is 29.0 Å². The maximum absolute atomic E-state index is 13.6. The Kier molecular flexibility index (Phi) is 12.1. The van der Waals surface area contributed by atoms with Crippen LogP contribution in [0.1, 0.15) is 58.5 Å². The van der Waals surface area contributed by atoms with Gasteiger partial charge in [-0.1, -0.05) is 66.7 Å². The third kappa shape index (κ3) is 9.85. The van der Waals surface area contributed by atoms with E-state index in [-0.39, 0.29) is 17.4 Å². The summed E-state index contributed by atoms with van der Waals surface area (Å²) < 4.78 is 19.7. The topological polar surface area (TPSA) is 122 Å². The fourth-order valence-corrected chi connectivity index (χ4v) is 6.52. The van der Waals surface area contributed by atoms with Crippen molar-refractivity contribution in [1.82, 2.24) is 4.90 Å². The molecular formula is C40H43FN4O5. The van der Waals surface area contributed by atoms with Crippen molar-refractivity contribution in [2.75, 3.05) is 29.9 Å². The Morgan fingerprint density at radius 3 is 2.12 bits per heavy atom. The third-order valence-corrected chi connectivity index (χ3v) is 9.17. The van der Waals surface area contributed by atoms with Gasteiger partial charge in [-0.25, -0.2) is 14.0 Å². The van der Waals surface area contributed by atoms with Gasteiger partial charge in [0.05, 0.1) is 6.04 Å². The molecule has 4 aromatic carbocycles. The Bertz CT molecular complexity index is 1790. The van der Waals surface area contributed by atoms with Crippen LogP contribution >= 0.6 is 0 Å². The summed E-state index contributed by atoms with van der Waals surface area (Å²) in [7, 11) is 0. The van der Waals surface area contributed by atoms with Gasteiger partial charge in [0.2, 0.25) is 0 Å². The van der Waals surface area contributed by atoms with Crippen LogP contribution in [0.25, 0.3) is 0 Å². The molecular weight excluding hydrogens is 635 g/mol. The first-order chi connectivity index (χ1) is 24.0. The van der Waals surface area contributed by atoms with E-state index in [0.29, 0.717) is 41.4 Å². The molecule has 1 heterocycles. The molecule has 9 nitrogen and oxygen atoms in total. The summed E-state index contributed by atoms with van der Waals surface area (Å²) in [6.45, 7) is 4.65. The van der Waals surface area contributed by atoms with Crippen LogP contribution in [-0.2, 0) is 17.6 Å². The molecule has 1 fully saturated rings. The smallest absolute Gasteiger partial charge is 0.412 e. The molecule has 0 unspecified atom stereocenters. The molecule has 260 valence electrons. The van der Waals surface area contributed by atoms with Gasteiger partial charge in [-0.15, -0.1) is 0 Å². The Morgan fingerprint density at radius 1 is 0.840 bits per heavy atom. The Hall–Kier alpha value is -5.35. The van der Waals surface area contributed by atoms with Crippen molar-refractivity contribution < 1.29 is 28.3 Å². The zero-order chi connectivity index (χ0) is 35.6. The lowest BCUT2D eigenvalue weighted by Crippen LogP contribution is -2.56. The maximum Gasteiger partial charge on any atom is 0.412 e. The number of primary amides is 1. The number of urea groups is 1. The van der Waals surface area contributed by atoms with Crippen molar-refractivity contribution in [3.05, 3.63) is 131 Å². The highest BCUT2D eigenvalue weighted by Gasteiger charge is 2.36. The largest absolute Gasteiger partial charge is 0.442 e. The molecule has 0 spiro atoms. The van der Waals surface area contributed by atoms with Crippen LogP contribution in [0.2, 0.25) is 0 Å². The SMILES string of the molecule is CC(=O)c1cccc(NC(=O)O[C@@H](CN2CCC(Cc3ccc(F)cc3)CC2)[C@H](Cc2ccccc2)N(C(N)=O)c2cccc(C(C)=O)c2)c1. The second kappa shape index (κ2) is 16.8. The summed E-state index contributed by atoms with van der Waals surface area (Å²) in [5, 5.41) is 2.76. The van der Waals surface area contributed by atoms with Gasteiger partial charge in [0.1, 0.15) is 11.9 Å². The summed E-state index contributed by atoms with van der Waals surface area (Å²) in [4.78, 5) is 54.9. The molecule has 1 aliphatic rings. The number of carbonyl (C=O) groups is 4. The van der Waals surface area contributed by atoms with Crippen molar-refractivity contribution in [3.8, 4) is 0 Å². The molecule has 4 aromatic rings. The molecule has 0 bridgehead atoms. The number of anilines is 2. The summed E-state index contributed by atoms with van der Waals surface area (Å²) >= 11 is 0. The van der Waals surface area contributed by atoms with Gasteiger partial charge < -0.3 is 10.5 Å². The number of rotatable bonds is 13. The van der Waals surface area contributed by atoms with Crippen molar-refractivity contribution in [2.45, 2.75) is 51.7 Å². The number of halogens is 1. The van der Waals surface area contributed by atoms with E-state index in [4.69, 9.17) is 10.5 Å². The monoisotopic (exact) mass is 678 g/mol. The van der Waals surface area contributed by atoms with Crippen molar-refractivity contribution in [2.24, 2.45) is 11.7 Å². The number of ether oxygens (including phenoxy) is 1. The summed E-state index contributed by atoms with van der Waals surface area (Å²) in [6, 6.07) is 27.9. The lowest BCUT2D eigenvalue weighted by molar-refractivity contribution is 0.0519. The van der Waals surface area contributed by atoms with Gasteiger partial charge in [0.25, 0.3) is 0 Å². The molecule has 3 amide bonds. The average Bonchev–Trinajstić information content (AvgIpc) is 3.10. The van der Waals surface area contributed by atoms with Crippen LogP contribution in [0.3, 0.4) is 0 Å². The molecule has 10 heteroatoms. The minimum Gasteiger partial charge on any atom is -0.442 e. The van der Waals surface area contributed by atoms with Crippen LogP contribution in [0, 0.1) is 11.7 Å². The van der Waals surface area contributed by atoms with E-state index >= 15 is 0 Å². The number of likely N-dealkylation sites (tertiary alicyclic amines) is 1. The number of ketones is 2. The zero-order valence-corrected chi connectivity index (χ0v) is 28.4. The van der Waals surface area contributed by atoms with Crippen LogP contribution in [0.5, 0.6) is 0 Å². The Balaban J connectivity index is 1.45. The Labute approximate surface area is 292 Å². The van der Waals surface area contributed by atoms with Gasteiger partial charge in [-0.05, 0) is 106 Å². The average molecular weight is 679 g/mol. The van der Waals surface area contributed by atoms with E-state index in [2.05, 4.69) is 10.2 Å². The molecule has 3 N–H and O–H groups in total. The summed E-state index contributed by atoms with van der Waals surface area (Å²) in [5.74, 6) is -0.160. The molecule has 0 aliphatic carbocycles. The molecule has 1 aliphatic heterocycles. The second-order valence-electron chi connectivity index (χ2n) is 12.9. The van der Waals surface area contributed by atoms with Crippen LogP contribution < -0.4 is 16.0 Å². The van der Waals surface area contributed by atoms with Crippen molar-refractivity contribution >= 4 is 35.1 Å². The quantitative estimate of drug-likeness (QED) is 0.143. The van der Waals surface area contributed by atoms with Gasteiger partial charge in [-0.2, -0.15) is 0 Å². The first-order valence-electron chi connectivity index (χ1n) is 16.8. The number of piperidine rings is 1. The number of nitrogens with zero attached hydrogens (tertiary/aromatic N) is 2. The molecule has 0 aromatic heterocycles. The third-order valence-electron chi connectivity index (χ3n) is 9.17. The number of hydrogen-bond acceptors (Lipinski definition) is 6. The van der Waals surface area contributed by atoms with Crippen LogP contribution in [0.15, 0.2) is 103 Å². The molecule has 0 radical (unpaired) electrons. The number of carbonyl (C=O) groups excluding carboxylic acids is 4. The van der Waals surface area contributed by atoms with Gasteiger partial charge >= 0.3 is 12.1 Å². The summed E-state index contributed by atoms with van der Waals surface area (Å²) in [5.41, 5.74) is 9.74. The molecule has 2 atom stereocenters. The molecule has 0 saturated carbocycles. The highest BCUT2D eigenvalue weighted by molar-refractivity contribution is 5.98. The number of hydrogen-bond donors (Lipinski definition) is 2. The molecule has 1 saturated heterocycles. The van der Waals surface area contributed by atoms with Gasteiger partial charge in [-0.3, -0.25) is 24.7 Å². The van der Waals surface area contributed by atoms with Crippen molar-refractivity contribution in [3.63, 3.8) is 0 Å². The lowest BCUT2D eigenvalue weighted by Gasteiger charge is -2.40. The number of nitrogens with two attached hydrogens (primary N) is 1. The molecule has 5 rings (SSSR count). The van der Waals surface area contributed by atoms with Crippen molar-refractivity contribution in [1.29, 1.82) is 0 Å². The van der Waals surface area contributed by atoms with E-state index in [1.165, 1.54) is 30.9 Å². The highest BCUT2D eigenvalue weighted by Crippen LogP contribution is 2.28. The number of Topliss-reactive ketones (excluding diaryl/α,β-unsaturated/α-hetero) is 2. The first-order valence-corrected chi connectivity index (χ1v) is 16.8. The number of nitrogens with one attached hydrogen (secondary N) is 1. The van der Waals surface area contributed by atoms with E-state index < -0.39 is 24.3 Å². The predicted molar refractivity (Wildman–Crippen MR) is 192 cm³/mol. The van der Waals surface area contributed by atoms with E-state index in [0.717, 1.165) is 43.5 Å². The van der Waals surface area contributed by atoms with E-state index in [1.807, 2.05) is 42.5 Å². The highest BCUT2D eigenvalue weighted by atomic mass is 19.1. The fraction of sp³-hybridized carbons (Fsp3) is 0.300. The van der Waals surface area contributed by atoms with E-state index in [1.54, 1.807) is 48.5 Å². The standard InChI is InChI=1S/C40H43FN4O5/c1-27(46)32-10-6-12-35(24-32)43-40(49)50-38(26-44-20-18-31(19-21-44)22-30-14-16-34(41)17-15-30)37(23-29-8-4-3-5-9-29)45(39(42)48)36-13-7-11-33(25-36)28(2)47/h3-17,24-25,31,37-38H,18-23,26H2,1-2H3,(H2,42,48)(H,43,49)/t37-,38-/m0/s1. The van der Waals surface area contributed by atoms with Crippen LogP contribution in [0.4, 0.5) is 25.4 Å². The molecule has 50 heavy (non-hydrogen) atoms. The second-order valence-corrected chi connectivity index (χ2v) is 12.9. The lowest BCUT2D eigenvalue weighted by atomic mass is 9.89. The normalized spacial score (nSPS) is 14.7. The van der Waals surface area contributed by atoms with Gasteiger partial charge in [0.15, 0.2) is 11.6 Å². The fourth-order valence-electron chi connectivity index (χ4n) is 6.52. The predicted octanol–water partition coefficient (Wildman–Crippen LogP) is 7.30. The minimum absolute atomic E-state index is 0.143. The number of benzene rings is 4. The van der Waals surface area contributed by atoms with Crippen LogP contribution in [-0.4, -0.2) is 60.4 Å². The summed E-state index contributed by atoms with van der Waals surface area (Å²) in [6.07, 6.45) is 1.30. The minimum atomic E-state index is -0.867. The number of amides is 3. The van der Waals surface area contributed by atoms with E-state index in [9.17, 15) is 23.6 Å².